The Morgan fingerprint density at radius 2 is 1.67 bits per heavy atom. The largest absolute Gasteiger partial charge is 0.326 e. The van der Waals surface area contributed by atoms with Crippen LogP contribution in [0.15, 0.2) is 54.6 Å². The van der Waals surface area contributed by atoms with Gasteiger partial charge in [0.1, 0.15) is 0 Å². The van der Waals surface area contributed by atoms with Crippen molar-refractivity contribution >= 4 is 24.0 Å². The number of hydrogen-bond donors (Lipinski definition) is 1. The second-order valence-electron chi connectivity index (χ2n) is 5.47. The number of benzene rings is 2. The van der Waals surface area contributed by atoms with E-state index in [0.29, 0.717) is 5.92 Å². The first-order chi connectivity index (χ1) is 9.74. The molecule has 1 aliphatic rings. The van der Waals surface area contributed by atoms with Crippen LogP contribution in [-0.2, 0) is 6.54 Å². The Hall–Kier alpha value is -1.06. The number of hydrogen-bond acceptors (Lipinski definition) is 2. The maximum absolute atomic E-state index is 6.32. The maximum atomic E-state index is 6.32. The predicted molar refractivity (Wildman–Crippen MR) is 91.1 cm³/mol. The number of halogens is 2. The number of nitrogens with two attached hydrogens (primary N) is 1. The highest BCUT2D eigenvalue weighted by molar-refractivity contribution is 6.31. The van der Waals surface area contributed by atoms with Crippen LogP contribution in [0.3, 0.4) is 0 Å². The van der Waals surface area contributed by atoms with Gasteiger partial charge in [0.15, 0.2) is 0 Å². The lowest BCUT2D eigenvalue weighted by Crippen LogP contribution is -2.28. The zero-order valence-corrected chi connectivity index (χ0v) is 13.4. The fourth-order valence-corrected chi connectivity index (χ4v) is 3.16. The normalized spacial score (nSPS) is 22.0. The summed E-state index contributed by atoms with van der Waals surface area (Å²) in [4.78, 5) is 2.39. The van der Waals surface area contributed by atoms with Gasteiger partial charge in [-0.2, -0.15) is 0 Å². The van der Waals surface area contributed by atoms with Gasteiger partial charge in [-0.05, 0) is 17.2 Å². The van der Waals surface area contributed by atoms with E-state index in [-0.39, 0.29) is 18.4 Å². The molecule has 4 heteroatoms. The van der Waals surface area contributed by atoms with Crippen molar-refractivity contribution in [3.8, 4) is 0 Å². The molecule has 2 N–H and O–H groups in total. The quantitative estimate of drug-likeness (QED) is 0.933. The van der Waals surface area contributed by atoms with E-state index >= 15 is 0 Å². The molecule has 112 valence electrons. The Morgan fingerprint density at radius 3 is 2.38 bits per heavy atom. The van der Waals surface area contributed by atoms with E-state index in [4.69, 9.17) is 17.3 Å². The third-order valence-corrected chi connectivity index (χ3v) is 4.39. The van der Waals surface area contributed by atoms with E-state index in [1.807, 2.05) is 24.3 Å². The molecular formula is C17H20Cl2N2. The average molecular weight is 323 g/mol. The minimum Gasteiger partial charge on any atom is -0.326 e. The molecule has 0 bridgehead atoms. The van der Waals surface area contributed by atoms with Crippen molar-refractivity contribution < 1.29 is 0 Å². The maximum Gasteiger partial charge on any atom is 0.0451 e. The molecule has 1 saturated heterocycles. The SMILES string of the molecule is Cl.N[C@@H]1CN(Cc2ccccc2Cl)C[C@H]1c1ccccc1. The summed E-state index contributed by atoms with van der Waals surface area (Å²) in [6, 6.07) is 18.8. The first-order valence-electron chi connectivity index (χ1n) is 7.00. The molecule has 0 unspecified atom stereocenters. The van der Waals surface area contributed by atoms with Crippen LogP contribution in [0.1, 0.15) is 17.0 Å². The summed E-state index contributed by atoms with van der Waals surface area (Å²) in [5.41, 5.74) is 8.83. The zero-order valence-electron chi connectivity index (χ0n) is 11.8. The summed E-state index contributed by atoms with van der Waals surface area (Å²) >= 11 is 6.23. The summed E-state index contributed by atoms with van der Waals surface area (Å²) < 4.78 is 0. The fraction of sp³-hybridized carbons (Fsp3) is 0.294. The number of likely N-dealkylation sites (tertiary alicyclic amines) is 1. The summed E-state index contributed by atoms with van der Waals surface area (Å²) in [7, 11) is 0. The topological polar surface area (TPSA) is 29.3 Å². The summed E-state index contributed by atoms with van der Waals surface area (Å²) in [5.74, 6) is 0.415. The molecule has 2 atom stereocenters. The Morgan fingerprint density at radius 1 is 1.00 bits per heavy atom. The van der Waals surface area contributed by atoms with Crippen LogP contribution in [0.25, 0.3) is 0 Å². The first kappa shape index (κ1) is 16.3. The van der Waals surface area contributed by atoms with Gasteiger partial charge in [0.25, 0.3) is 0 Å². The molecule has 1 aliphatic heterocycles. The second-order valence-corrected chi connectivity index (χ2v) is 5.87. The highest BCUT2D eigenvalue weighted by atomic mass is 35.5. The van der Waals surface area contributed by atoms with Gasteiger partial charge < -0.3 is 5.73 Å². The molecule has 0 aliphatic carbocycles. The van der Waals surface area contributed by atoms with Crippen LogP contribution in [0.4, 0.5) is 0 Å². The van der Waals surface area contributed by atoms with Crippen LogP contribution in [-0.4, -0.2) is 24.0 Å². The first-order valence-corrected chi connectivity index (χ1v) is 7.38. The van der Waals surface area contributed by atoms with Gasteiger partial charge in [-0.3, -0.25) is 4.90 Å². The lowest BCUT2D eigenvalue weighted by atomic mass is 9.95. The fourth-order valence-electron chi connectivity index (χ4n) is 2.96. The van der Waals surface area contributed by atoms with Crippen molar-refractivity contribution in [3.05, 3.63) is 70.7 Å². The molecule has 0 radical (unpaired) electrons. The lowest BCUT2D eigenvalue weighted by Gasteiger charge is -2.16. The predicted octanol–water partition coefficient (Wildman–Crippen LogP) is 3.69. The van der Waals surface area contributed by atoms with Crippen molar-refractivity contribution in [2.24, 2.45) is 5.73 Å². The van der Waals surface area contributed by atoms with Gasteiger partial charge >= 0.3 is 0 Å². The minimum absolute atomic E-state index is 0. The molecule has 0 aromatic heterocycles. The molecule has 3 rings (SSSR count). The molecule has 2 aromatic rings. The van der Waals surface area contributed by atoms with E-state index in [9.17, 15) is 0 Å². The van der Waals surface area contributed by atoms with Crippen molar-refractivity contribution in [2.45, 2.75) is 18.5 Å². The molecule has 0 spiro atoms. The Balaban J connectivity index is 0.00000161. The number of nitrogens with zero attached hydrogens (tertiary/aromatic N) is 1. The smallest absolute Gasteiger partial charge is 0.0451 e. The van der Waals surface area contributed by atoms with E-state index in [1.165, 1.54) is 11.1 Å². The van der Waals surface area contributed by atoms with Crippen LogP contribution >= 0.6 is 24.0 Å². The highest BCUT2D eigenvalue weighted by Gasteiger charge is 2.31. The van der Waals surface area contributed by atoms with Crippen molar-refractivity contribution in [3.63, 3.8) is 0 Å². The Labute approximate surface area is 137 Å². The second kappa shape index (κ2) is 7.28. The minimum atomic E-state index is 0. The van der Waals surface area contributed by atoms with E-state index in [1.54, 1.807) is 0 Å². The monoisotopic (exact) mass is 322 g/mol. The van der Waals surface area contributed by atoms with Gasteiger partial charge in [-0.1, -0.05) is 60.1 Å². The lowest BCUT2D eigenvalue weighted by molar-refractivity contribution is 0.324. The summed E-state index contributed by atoms with van der Waals surface area (Å²) in [6.45, 7) is 2.79. The molecule has 1 fully saturated rings. The molecular weight excluding hydrogens is 303 g/mol. The summed E-state index contributed by atoms with van der Waals surface area (Å²) in [5, 5.41) is 0.837. The van der Waals surface area contributed by atoms with Crippen LogP contribution in [0.2, 0.25) is 5.02 Å². The Bertz CT molecular complexity index is 574. The standard InChI is InChI=1S/C17H19ClN2.ClH/c18-16-9-5-4-8-14(16)10-20-11-15(17(19)12-20)13-6-2-1-3-7-13;/h1-9,15,17H,10-12,19H2;1H/t15-,17+;/m0./s1. The number of rotatable bonds is 3. The van der Waals surface area contributed by atoms with Gasteiger partial charge in [-0.15, -0.1) is 12.4 Å². The third-order valence-electron chi connectivity index (χ3n) is 4.02. The van der Waals surface area contributed by atoms with Crippen LogP contribution in [0, 0.1) is 0 Å². The van der Waals surface area contributed by atoms with Crippen molar-refractivity contribution in [2.75, 3.05) is 13.1 Å². The molecule has 21 heavy (non-hydrogen) atoms. The van der Waals surface area contributed by atoms with Crippen molar-refractivity contribution in [1.82, 2.24) is 4.90 Å². The summed E-state index contributed by atoms with van der Waals surface area (Å²) in [6.07, 6.45) is 0. The van der Waals surface area contributed by atoms with Gasteiger partial charge in [0.05, 0.1) is 0 Å². The molecule has 2 nitrogen and oxygen atoms in total. The van der Waals surface area contributed by atoms with Gasteiger partial charge in [0.2, 0.25) is 0 Å². The molecule has 2 aromatic carbocycles. The third kappa shape index (κ3) is 3.78. The zero-order chi connectivity index (χ0) is 13.9. The van der Waals surface area contributed by atoms with Crippen LogP contribution in [0.5, 0.6) is 0 Å². The van der Waals surface area contributed by atoms with Gasteiger partial charge in [-0.25, -0.2) is 0 Å². The van der Waals surface area contributed by atoms with Crippen molar-refractivity contribution in [1.29, 1.82) is 0 Å². The Kier molecular flexibility index (Phi) is 5.65. The van der Waals surface area contributed by atoms with Crippen LogP contribution < -0.4 is 5.73 Å². The average Bonchev–Trinajstić information content (AvgIpc) is 2.83. The highest BCUT2D eigenvalue weighted by Crippen LogP contribution is 2.28. The van der Waals surface area contributed by atoms with E-state index in [0.717, 1.165) is 24.7 Å². The molecule has 0 amide bonds. The molecule has 0 saturated carbocycles. The van der Waals surface area contributed by atoms with E-state index in [2.05, 4.69) is 35.2 Å². The van der Waals surface area contributed by atoms with Gasteiger partial charge in [0, 0.05) is 36.6 Å². The van der Waals surface area contributed by atoms with E-state index < -0.39 is 0 Å². The molecule has 1 heterocycles.